The summed E-state index contributed by atoms with van der Waals surface area (Å²) in [4.78, 5) is 4.85. The van der Waals surface area contributed by atoms with Gasteiger partial charge in [0, 0.05) is 11.8 Å². The van der Waals surface area contributed by atoms with Crippen molar-refractivity contribution < 1.29 is 0 Å². The lowest BCUT2D eigenvalue weighted by molar-refractivity contribution is 0.979. The Kier molecular flexibility index (Phi) is 3.54. The summed E-state index contributed by atoms with van der Waals surface area (Å²) in [6.45, 7) is 4.85. The van der Waals surface area contributed by atoms with Crippen LogP contribution in [-0.4, -0.2) is 19.6 Å². The number of imidazole rings is 1. The van der Waals surface area contributed by atoms with Crippen LogP contribution < -0.4 is 5.32 Å². The lowest BCUT2D eigenvalue weighted by Crippen LogP contribution is -2.04. The van der Waals surface area contributed by atoms with Gasteiger partial charge in [-0.25, -0.2) is 4.98 Å². The summed E-state index contributed by atoms with van der Waals surface area (Å²) in [6.07, 6.45) is 3.87. The Bertz CT molecular complexity index is 965. The molecule has 0 spiro atoms. The fourth-order valence-electron chi connectivity index (χ4n) is 2.84. The molecular formula is C19H19N5. The molecular weight excluding hydrogens is 298 g/mol. The molecule has 0 fully saturated rings. The normalized spacial score (nSPS) is 11.1. The van der Waals surface area contributed by atoms with E-state index in [1.165, 1.54) is 11.1 Å². The minimum Gasteiger partial charge on any atom is -0.365 e. The van der Waals surface area contributed by atoms with E-state index >= 15 is 0 Å². The molecule has 0 aliphatic carbocycles. The zero-order chi connectivity index (χ0) is 16.5. The monoisotopic (exact) mass is 317 g/mol. The summed E-state index contributed by atoms with van der Waals surface area (Å²) in [5, 5.41) is 10.3. The van der Waals surface area contributed by atoms with Crippen LogP contribution in [0.3, 0.4) is 0 Å². The average Bonchev–Trinajstić information content (AvgIpc) is 3.21. The molecule has 0 saturated carbocycles. The molecule has 0 amide bonds. The predicted molar refractivity (Wildman–Crippen MR) is 96.0 cm³/mol. The molecule has 3 heterocycles. The number of benzene rings is 1. The van der Waals surface area contributed by atoms with Crippen LogP contribution in [0.5, 0.6) is 0 Å². The number of rotatable bonds is 4. The third kappa shape index (κ3) is 2.65. The van der Waals surface area contributed by atoms with Gasteiger partial charge in [0.1, 0.15) is 11.5 Å². The lowest BCUT2D eigenvalue weighted by atomic mass is 10.1. The summed E-state index contributed by atoms with van der Waals surface area (Å²) in [5.74, 6) is 0.896. The van der Waals surface area contributed by atoms with Crippen LogP contribution in [0.1, 0.15) is 16.8 Å². The van der Waals surface area contributed by atoms with Gasteiger partial charge < -0.3 is 9.72 Å². The van der Waals surface area contributed by atoms with Crippen molar-refractivity contribution in [1.29, 1.82) is 0 Å². The first-order valence-corrected chi connectivity index (χ1v) is 7.98. The molecule has 24 heavy (non-hydrogen) atoms. The van der Waals surface area contributed by atoms with Crippen molar-refractivity contribution in [2.24, 2.45) is 0 Å². The average molecular weight is 317 g/mol. The summed E-state index contributed by atoms with van der Waals surface area (Å²) in [6, 6.07) is 14.6. The Morgan fingerprint density at radius 3 is 2.54 bits per heavy atom. The van der Waals surface area contributed by atoms with Gasteiger partial charge in [0.15, 0.2) is 0 Å². The Labute approximate surface area is 140 Å². The highest BCUT2D eigenvalue weighted by atomic mass is 15.2. The van der Waals surface area contributed by atoms with E-state index in [1.54, 1.807) is 6.20 Å². The molecule has 3 aromatic heterocycles. The van der Waals surface area contributed by atoms with E-state index in [0.717, 1.165) is 28.4 Å². The maximum Gasteiger partial charge on any atom is 0.137 e. The van der Waals surface area contributed by atoms with E-state index in [4.69, 9.17) is 4.98 Å². The van der Waals surface area contributed by atoms with Crippen LogP contribution in [0.2, 0.25) is 0 Å². The maximum atomic E-state index is 4.85. The molecule has 5 heteroatoms. The quantitative estimate of drug-likeness (QED) is 0.599. The van der Waals surface area contributed by atoms with Gasteiger partial charge >= 0.3 is 0 Å². The second-order valence-electron chi connectivity index (χ2n) is 6.03. The topological polar surface area (TPSA) is 58.0 Å². The van der Waals surface area contributed by atoms with Crippen LogP contribution in [0, 0.1) is 13.8 Å². The van der Waals surface area contributed by atoms with Gasteiger partial charge in [-0.05, 0) is 31.5 Å². The number of hydrogen-bond acceptors (Lipinski definition) is 3. The number of aryl methyl sites for hydroxylation is 2. The van der Waals surface area contributed by atoms with Crippen LogP contribution in [0.15, 0.2) is 54.9 Å². The first kappa shape index (κ1) is 14.5. The Hall–Kier alpha value is -3.08. The number of aromatic nitrogens is 4. The van der Waals surface area contributed by atoms with Crippen LogP contribution in [-0.2, 0) is 6.54 Å². The molecule has 0 unspecified atom stereocenters. The molecule has 0 atom stereocenters. The molecule has 0 aliphatic heterocycles. The molecule has 0 aliphatic rings. The number of nitrogens with zero attached hydrogens (tertiary/aromatic N) is 3. The molecule has 4 rings (SSSR count). The standard InChI is InChI=1S/C19H19N5/c1-13-3-6-15(7-4-13)19-16(11-20-17-9-10-21-23-17)24-12-14(2)5-8-18(24)22-19/h3-10,12H,11H2,1-2H3,(H2,20,21,23). The number of H-pyrrole nitrogens is 1. The highest BCUT2D eigenvalue weighted by Crippen LogP contribution is 2.26. The number of aromatic amines is 1. The van der Waals surface area contributed by atoms with Crippen molar-refractivity contribution in [2.45, 2.75) is 20.4 Å². The van der Waals surface area contributed by atoms with E-state index in [1.807, 2.05) is 6.07 Å². The van der Waals surface area contributed by atoms with Gasteiger partial charge in [-0.2, -0.15) is 5.10 Å². The zero-order valence-electron chi connectivity index (χ0n) is 13.7. The Balaban J connectivity index is 1.81. The van der Waals surface area contributed by atoms with E-state index < -0.39 is 0 Å². The van der Waals surface area contributed by atoms with Gasteiger partial charge in [-0.1, -0.05) is 35.9 Å². The van der Waals surface area contributed by atoms with E-state index in [9.17, 15) is 0 Å². The highest BCUT2D eigenvalue weighted by Gasteiger charge is 2.14. The van der Waals surface area contributed by atoms with Crippen molar-refractivity contribution in [1.82, 2.24) is 19.6 Å². The first-order valence-electron chi connectivity index (χ1n) is 7.98. The summed E-state index contributed by atoms with van der Waals surface area (Å²) in [5.41, 5.74) is 6.68. The van der Waals surface area contributed by atoms with Crippen molar-refractivity contribution >= 4 is 11.5 Å². The Morgan fingerprint density at radius 2 is 1.79 bits per heavy atom. The number of hydrogen-bond donors (Lipinski definition) is 2. The van der Waals surface area contributed by atoms with Gasteiger partial charge in [0.05, 0.1) is 24.1 Å². The SMILES string of the molecule is Cc1ccc(-c2nc3ccc(C)cn3c2CNc2ccn[nH]2)cc1. The molecule has 1 aromatic carbocycles. The van der Waals surface area contributed by atoms with Crippen LogP contribution in [0.25, 0.3) is 16.9 Å². The fraction of sp³-hybridized carbons (Fsp3) is 0.158. The van der Waals surface area contributed by atoms with Crippen LogP contribution >= 0.6 is 0 Å². The smallest absolute Gasteiger partial charge is 0.137 e. The fourth-order valence-corrected chi connectivity index (χ4v) is 2.84. The van der Waals surface area contributed by atoms with Gasteiger partial charge in [0.2, 0.25) is 0 Å². The third-order valence-electron chi connectivity index (χ3n) is 4.14. The number of pyridine rings is 1. The molecule has 0 radical (unpaired) electrons. The van der Waals surface area contributed by atoms with Crippen LogP contribution in [0.4, 0.5) is 5.82 Å². The van der Waals surface area contributed by atoms with Gasteiger partial charge in [-0.15, -0.1) is 0 Å². The van der Waals surface area contributed by atoms with Gasteiger partial charge in [-0.3, -0.25) is 5.10 Å². The summed E-state index contributed by atoms with van der Waals surface area (Å²) >= 11 is 0. The second kappa shape index (κ2) is 5.85. The molecule has 0 bridgehead atoms. The summed E-state index contributed by atoms with van der Waals surface area (Å²) in [7, 11) is 0. The third-order valence-corrected chi connectivity index (χ3v) is 4.14. The minimum atomic E-state index is 0.663. The zero-order valence-corrected chi connectivity index (χ0v) is 13.7. The first-order chi connectivity index (χ1) is 11.7. The van der Waals surface area contributed by atoms with Crippen molar-refractivity contribution in [3.8, 4) is 11.3 Å². The number of nitrogens with one attached hydrogen (secondary N) is 2. The van der Waals surface area contributed by atoms with Crippen molar-refractivity contribution in [3.05, 3.63) is 71.7 Å². The van der Waals surface area contributed by atoms with E-state index in [-0.39, 0.29) is 0 Å². The summed E-state index contributed by atoms with van der Waals surface area (Å²) < 4.78 is 2.16. The molecule has 5 nitrogen and oxygen atoms in total. The minimum absolute atomic E-state index is 0.663. The number of anilines is 1. The van der Waals surface area contributed by atoms with E-state index in [2.05, 4.69) is 76.4 Å². The van der Waals surface area contributed by atoms with Gasteiger partial charge in [0.25, 0.3) is 0 Å². The molecule has 2 N–H and O–H groups in total. The van der Waals surface area contributed by atoms with E-state index in [0.29, 0.717) is 6.54 Å². The largest absolute Gasteiger partial charge is 0.365 e. The second-order valence-corrected chi connectivity index (χ2v) is 6.03. The molecule has 120 valence electrons. The lowest BCUT2D eigenvalue weighted by Gasteiger charge is -2.08. The Morgan fingerprint density at radius 1 is 1.00 bits per heavy atom. The number of fused-ring (bicyclic) bond motifs is 1. The van der Waals surface area contributed by atoms with Crippen molar-refractivity contribution in [2.75, 3.05) is 5.32 Å². The molecule has 4 aromatic rings. The predicted octanol–water partition coefficient (Wildman–Crippen LogP) is 3.95. The molecule has 0 saturated heterocycles. The van der Waals surface area contributed by atoms with Crippen molar-refractivity contribution in [3.63, 3.8) is 0 Å². The maximum absolute atomic E-state index is 4.85. The highest BCUT2D eigenvalue weighted by molar-refractivity contribution is 5.67.